The Balaban J connectivity index is 1.54. The van der Waals surface area contributed by atoms with Crippen molar-refractivity contribution in [1.29, 1.82) is 0 Å². The van der Waals surface area contributed by atoms with Crippen molar-refractivity contribution in [2.45, 2.75) is 37.8 Å². The second kappa shape index (κ2) is 6.52. The number of methoxy groups -OCH3 is 1. The Morgan fingerprint density at radius 2 is 2.15 bits per heavy atom. The fraction of sp³-hybridized carbons (Fsp3) is 0.800. The molecule has 1 spiro atoms. The molecule has 0 aromatic carbocycles. The minimum Gasteiger partial charge on any atom is -0.383 e. The Morgan fingerprint density at radius 3 is 2.85 bits per heavy atom. The zero-order valence-electron chi connectivity index (χ0n) is 12.4. The molecule has 0 unspecified atom stereocenters. The van der Waals surface area contributed by atoms with Gasteiger partial charge in [-0.05, 0) is 32.2 Å². The molecule has 3 rings (SSSR count). The number of ether oxygens (including phenoxy) is 1. The van der Waals surface area contributed by atoms with E-state index in [9.17, 15) is 0 Å². The van der Waals surface area contributed by atoms with Gasteiger partial charge in [-0.1, -0.05) is 0 Å². The molecule has 0 N–H and O–H groups in total. The number of rotatable bonds is 5. The molecule has 1 aromatic rings. The molecular formula is C15H25N3OS. The molecule has 2 fully saturated rings. The van der Waals surface area contributed by atoms with Crippen molar-refractivity contribution >= 4 is 11.3 Å². The van der Waals surface area contributed by atoms with Crippen LogP contribution in [0.2, 0.25) is 0 Å². The first-order valence-corrected chi connectivity index (χ1v) is 8.55. The van der Waals surface area contributed by atoms with Gasteiger partial charge in [0.05, 0.1) is 13.2 Å². The summed E-state index contributed by atoms with van der Waals surface area (Å²) in [7, 11) is 1.80. The molecule has 0 aliphatic carbocycles. The molecule has 0 atom stereocenters. The Labute approximate surface area is 125 Å². The Bertz CT molecular complexity index is 401. The Kier molecular flexibility index (Phi) is 4.71. The van der Waals surface area contributed by atoms with Gasteiger partial charge in [-0.3, -0.25) is 9.80 Å². The Hall–Kier alpha value is -0.490. The summed E-state index contributed by atoms with van der Waals surface area (Å²) in [5.41, 5.74) is 0.470. The van der Waals surface area contributed by atoms with Crippen molar-refractivity contribution < 1.29 is 4.74 Å². The van der Waals surface area contributed by atoms with Gasteiger partial charge < -0.3 is 4.74 Å². The molecule has 0 radical (unpaired) electrons. The van der Waals surface area contributed by atoms with Crippen LogP contribution >= 0.6 is 11.3 Å². The molecule has 5 heteroatoms. The predicted octanol–water partition coefficient (Wildman–Crippen LogP) is 2.22. The van der Waals surface area contributed by atoms with Gasteiger partial charge >= 0.3 is 0 Å². The first-order chi connectivity index (χ1) is 9.82. The summed E-state index contributed by atoms with van der Waals surface area (Å²) < 4.78 is 5.27. The fourth-order valence-electron chi connectivity index (χ4n) is 3.76. The lowest BCUT2D eigenvalue weighted by atomic mass is 9.85. The molecule has 3 heterocycles. The summed E-state index contributed by atoms with van der Waals surface area (Å²) in [5.74, 6) is 0. The van der Waals surface area contributed by atoms with Crippen molar-refractivity contribution in [2.75, 3.05) is 39.9 Å². The molecule has 2 aliphatic heterocycles. The second-order valence-corrected chi connectivity index (χ2v) is 6.99. The minimum atomic E-state index is 0.470. The quantitative estimate of drug-likeness (QED) is 0.833. The topological polar surface area (TPSA) is 28.6 Å². The maximum Gasteiger partial charge on any atom is 0.107 e. The lowest BCUT2D eigenvalue weighted by Crippen LogP contribution is -2.52. The van der Waals surface area contributed by atoms with Gasteiger partial charge in [0.25, 0.3) is 0 Å². The van der Waals surface area contributed by atoms with Crippen molar-refractivity contribution in [3.8, 4) is 0 Å². The average Bonchev–Trinajstić information content (AvgIpc) is 3.10. The summed E-state index contributed by atoms with van der Waals surface area (Å²) in [4.78, 5) is 9.66. The van der Waals surface area contributed by atoms with E-state index >= 15 is 0 Å². The second-order valence-electron chi connectivity index (χ2n) is 6.01. The summed E-state index contributed by atoms with van der Waals surface area (Å²) in [6.45, 7) is 6.68. The Morgan fingerprint density at radius 1 is 1.30 bits per heavy atom. The van der Waals surface area contributed by atoms with E-state index in [4.69, 9.17) is 4.74 Å². The molecule has 20 heavy (non-hydrogen) atoms. The summed E-state index contributed by atoms with van der Waals surface area (Å²) in [6, 6.07) is 0. The highest BCUT2D eigenvalue weighted by atomic mass is 32.1. The van der Waals surface area contributed by atoms with Gasteiger partial charge in [-0.25, -0.2) is 4.98 Å². The molecule has 0 bridgehead atoms. The van der Waals surface area contributed by atoms with Crippen LogP contribution in [0.1, 0.15) is 30.7 Å². The third-order valence-electron chi connectivity index (χ3n) is 4.94. The summed E-state index contributed by atoms with van der Waals surface area (Å²) >= 11 is 1.77. The number of nitrogens with zero attached hydrogens (tertiary/aromatic N) is 3. The summed E-state index contributed by atoms with van der Waals surface area (Å²) in [5, 5.41) is 3.33. The molecule has 2 saturated heterocycles. The highest BCUT2D eigenvalue weighted by Crippen LogP contribution is 2.38. The normalized spacial score (nSPS) is 23.6. The van der Waals surface area contributed by atoms with E-state index in [0.29, 0.717) is 5.54 Å². The van der Waals surface area contributed by atoms with Crippen LogP contribution in [0, 0.1) is 0 Å². The van der Waals surface area contributed by atoms with Crippen LogP contribution in [0.5, 0.6) is 0 Å². The molecule has 2 aliphatic rings. The summed E-state index contributed by atoms with van der Waals surface area (Å²) in [6.07, 6.45) is 7.26. The number of thiazole rings is 1. The molecular weight excluding hydrogens is 270 g/mol. The number of hydrogen-bond donors (Lipinski definition) is 0. The van der Waals surface area contributed by atoms with Gasteiger partial charge in [-0.2, -0.15) is 0 Å². The van der Waals surface area contributed by atoms with Gasteiger partial charge in [-0.15, -0.1) is 11.3 Å². The first-order valence-electron chi connectivity index (χ1n) is 7.67. The van der Waals surface area contributed by atoms with Crippen molar-refractivity contribution in [1.82, 2.24) is 14.8 Å². The van der Waals surface area contributed by atoms with Crippen LogP contribution < -0.4 is 0 Å². The van der Waals surface area contributed by atoms with Crippen LogP contribution in [0.3, 0.4) is 0 Å². The van der Waals surface area contributed by atoms with Gasteiger partial charge in [0, 0.05) is 43.9 Å². The largest absolute Gasteiger partial charge is 0.383 e. The maximum absolute atomic E-state index is 5.27. The molecule has 112 valence electrons. The third-order valence-corrected chi connectivity index (χ3v) is 5.70. The zero-order chi connectivity index (χ0) is 13.8. The van der Waals surface area contributed by atoms with E-state index in [-0.39, 0.29) is 0 Å². The lowest BCUT2D eigenvalue weighted by molar-refractivity contribution is 0.0332. The van der Waals surface area contributed by atoms with Crippen LogP contribution in [-0.2, 0) is 11.3 Å². The van der Waals surface area contributed by atoms with Gasteiger partial charge in [0.1, 0.15) is 5.01 Å². The smallest absolute Gasteiger partial charge is 0.107 e. The van der Waals surface area contributed by atoms with E-state index in [1.165, 1.54) is 50.3 Å². The maximum atomic E-state index is 5.27. The highest BCUT2D eigenvalue weighted by Gasteiger charge is 2.42. The molecule has 4 nitrogen and oxygen atoms in total. The first kappa shape index (κ1) is 14.4. The van der Waals surface area contributed by atoms with E-state index in [1.807, 2.05) is 6.20 Å². The highest BCUT2D eigenvalue weighted by molar-refractivity contribution is 7.09. The molecule has 0 amide bonds. The van der Waals surface area contributed by atoms with Gasteiger partial charge in [0.2, 0.25) is 0 Å². The van der Waals surface area contributed by atoms with Crippen LogP contribution in [0.4, 0.5) is 0 Å². The third kappa shape index (κ3) is 3.06. The monoisotopic (exact) mass is 295 g/mol. The van der Waals surface area contributed by atoms with E-state index in [2.05, 4.69) is 20.2 Å². The van der Waals surface area contributed by atoms with Crippen LogP contribution in [0.15, 0.2) is 11.6 Å². The van der Waals surface area contributed by atoms with E-state index < -0.39 is 0 Å². The van der Waals surface area contributed by atoms with E-state index in [0.717, 1.165) is 19.7 Å². The number of aromatic nitrogens is 1. The molecule has 1 aromatic heterocycles. The van der Waals surface area contributed by atoms with Crippen molar-refractivity contribution in [3.63, 3.8) is 0 Å². The number of hydrogen-bond acceptors (Lipinski definition) is 5. The zero-order valence-corrected chi connectivity index (χ0v) is 13.2. The SMILES string of the molecule is COCCN1CCCC12CCN(Cc1nccs1)CC2. The number of piperidine rings is 1. The van der Waals surface area contributed by atoms with Crippen molar-refractivity contribution in [3.05, 3.63) is 16.6 Å². The lowest BCUT2D eigenvalue weighted by Gasteiger charge is -2.45. The van der Waals surface area contributed by atoms with Crippen molar-refractivity contribution in [2.24, 2.45) is 0 Å². The minimum absolute atomic E-state index is 0.470. The fourth-order valence-corrected chi connectivity index (χ4v) is 4.42. The van der Waals surface area contributed by atoms with Crippen LogP contribution in [0.25, 0.3) is 0 Å². The number of likely N-dealkylation sites (tertiary alicyclic amines) is 2. The molecule has 0 saturated carbocycles. The predicted molar refractivity (Wildman–Crippen MR) is 82.0 cm³/mol. The average molecular weight is 295 g/mol. The van der Waals surface area contributed by atoms with E-state index in [1.54, 1.807) is 18.4 Å². The van der Waals surface area contributed by atoms with Gasteiger partial charge in [0.15, 0.2) is 0 Å². The van der Waals surface area contributed by atoms with Crippen LogP contribution in [-0.4, -0.2) is 60.2 Å². The standard InChI is InChI=1S/C15H25N3OS/c1-19-11-10-18-7-2-3-15(18)4-8-17(9-5-15)13-14-16-6-12-20-14/h6,12H,2-5,7-11,13H2,1H3.